The number of rotatable bonds is 2. The minimum absolute atomic E-state index is 0.0883. The van der Waals surface area contributed by atoms with Crippen LogP contribution in [0.5, 0.6) is 0 Å². The molecule has 3 aromatic rings. The van der Waals surface area contributed by atoms with Crippen LogP contribution in [0.2, 0.25) is 0 Å². The van der Waals surface area contributed by atoms with Crippen LogP contribution in [0.4, 0.5) is 19.1 Å². The Labute approximate surface area is 116 Å². The molecule has 0 atom stereocenters. The number of hydrogen-bond acceptors (Lipinski definition) is 2. The first-order valence-electron chi connectivity index (χ1n) is 5.96. The Balaban J connectivity index is 1.91. The second kappa shape index (κ2) is 4.93. The third-order valence-electron chi connectivity index (χ3n) is 2.90. The average molecular weight is 291 g/mol. The van der Waals surface area contributed by atoms with E-state index in [2.05, 4.69) is 15.3 Å². The number of imidazole rings is 1. The number of fused-ring (bicyclic) bond motifs is 1. The van der Waals surface area contributed by atoms with Crippen molar-refractivity contribution in [3.8, 4) is 0 Å². The zero-order chi connectivity index (χ0) is 15.0. The summed E-state index contributed by atoms with van der Waals surface area (Å²) in [5.41, 5.74) is 0.687. The number of benzene rings is 2. The number of anilines is 1. The largest absolute Gasteiger partial charge is 0.324 e. The first-order valence-corrected chi connectivity index (χ1v) is 5.96. The van der Waals surface area contributed by atoms with Crippen molar-refractivity contribution in [2.75, 3.05) is 5.32 Å². The lowest BCUT2D eigenvalue weighted by molar-refractivity contribution is 0.102. The quantitative estimate of drug-likeness (QED) is 0.712. The predicted octanol–water partition coefficient (Wildman–Crippen LogP) is 3.23. The lowest BCUT2D eigenvalue weighted by Crippen LogP contribution is -2.16. The topological polar surface area (TPSA) is 57.8 Å². The highest BCUT2D eigenvalue weighted by Crippen LogP contribution is 2.18. The van der Waals surface area contributed by atoms with Crippen molar-refractivity contribution in [2.45, 2.75) is 0 Å². The lowest BCUT2D eigenvalue weighted by Gasteiger charge is -2.04. The fourth-order valence-electron chi connectivity index (χ4n) is 1.89. The van der Waals surface area contributed by atoms with Gasteiger partial charge in [0.2, 0.25) is 5.95 Å². The van der Waals surface area contributed by atoms with Crippen molar-refractivity contribution in [2.24, 2.45) is 0 Å². The standard InChI is InChI=1S/C14H8F3N3O/c15-8-6-5-7(11(16)12(8)17)13(21)20-14-18-9-3-1-2-4-10(9)19-14/h1-6H,(H2,18,19,20,21). The molecule has 4 nitrogen and oxygen atoms in total. The van der Waals surface area contributed by atoms with E-state index in [0.717, 1.165) is 6.07 Å². The van der Waals surface area contributed by atoms with Crippen molar-refractivity contribution < 1.29 is 18.0 Å². The van der Waals surface area contributed by atoms with E-state index in [9.17, 15) is 18.0 Å². The minimum atomic E-state index is -1.69. The van der Waals surface area contributed by atoms with Gasteiger partial charge in [0, 0.05) is 0 Å². The number of H-pyrrole nitrogens is 1. The van der Waals surface area contributed by atoms with E-state index in [-0.39, 0.29) is 5.95 Å². The van der Waals surface area contributed by atoms with E-state index >= 15 is 0 Å². The number of carbonyl (C=O) groups excluding carboxylic acids is 1. The molecule has 0 aliphatic carbocycles. The van der Waals surface area contributed by atoms with Gasteiger partial charge in [0.1, 0.15) is 0 Å². The molecule has 2 N–H and O–H groups in total. The number of halogens is 3. The van der Waals surface area contributed by atoms with E-state index in [1.54, 1.807) is 24.3 Å². The number of nitrogens with zero attached hydrogens (tertiary/aromatic N) is 1. The molecule has 7 heteroatoms. The monoisotopic (exact) mass is 291 g/mol. The summed E-state index contributed by atoms with van der Waals surface area (Å²) in [5, 5.41) is 2.30. The Morgan fingerprint density at radius 2 is 1.81 bits per heavy atom. The molecule has 0 saturated carbocycles. The van der Waals surface area contributed by atoms with Crippen LogP contribution >= 0.6 is 0 Å². The molecule has 0 saturated heterocycles. The zero-order valence-corrected chi connectivity index (χ0v) is 10.5. The Morgan fingerprint density at radius 3 is 2.57 bits per heavy atom. The minimum Gasteiger partial charge on any atom is -0.324 e. The van der Waals surface area contributed by atoms with Gasteiger partial charge < -0.3 is 4.98 Å². The Bertz CT molecular complexity index is 812. The molecule has 3 rings (SSSR count). The zero-order valence-electron chi connectivity index (χ0n) is 10.5. The van der Waals surface area contributed by atoms with Crippen LogP contribution in [0.25, 0.3) is 11.0 Å². The molecule has 21 heavy (non-hydrogen) atoms. The van der Waals surface area contributed by atoms with Crippen molar-refractivity contribution in [1.82, 2.24) is 9.97 Å². The molecular formula is C14H8F3N3O. The lowest BCUT2D eigenvalue weighted by atomic mass is 10.2. The van der Waals surface area contributed by atoms with Gasteiger partial charge in [-0.1, -0.05) is 12.1 Å². The first-order chi connectivity index (χ1) is 10.1. The van der Waals surface area contributed by atoms with Gasteiger partial charge in [-0.2, -0.15) is 0 Å². The predicted molar refractivity (Wildman–Crippen MR) is 70.4 cm³/mol. The second-order valence-electron chi connectivity index (χ2n) is 4.28. The number of amides is 1. The van der Waals surface area contributed by atoms with Gasteiger partial charge in [-0.3, -0.25) is 10.1 Å². The number of aromatic nitrogens is 2. The van der Waals surface area contributed by atoms with Gasteiger partial charge in [-0.25, -0.2) is 18.2 Å². The van der Waals surface area contributed by atoms with Crippen LogP contribution < -0.4 is 5.32 Å². The molecule has 0 spiro atoms. The molecule has 0 aliphatic rings. The highest BCUT2D eigenvalue weighted by Gasteiger charge is 2.19. The SMILES string of the molecule is O=C(Nc1nc2ccccc2[nH]1)c1ccc(F)c(F)c1F. The molecule has 1 aromatic heterocycles. The number of carbonyl (C=O) groups is 1. The van der Waals surface area contributed by atoms with Gasteiger partial charge in [0.05, 0.1) is 16.6 Å². The van der Waals surface area contributed by atoms with Crippen molar-refractivity contribution in [1.29, 1.82) is 0 Å². The maximum atomic E-state index is 13.5. The van der Waals surface area contributed by atoms with E-state index in [1.807, 2.05) is 0 Å². The van der Waals surface area contributed by atoms with E-state index < -0.39 is 28.9 Å². The van der Waals surface area contributed by atoms with Crippen molar-refractivity contribution in [3.63, 3.8) is 0 Å². The molecular weight excluding hydrogens is 283 g/mol. The van der Waals surface area contributed by atoms with Gasteiger partial charge in [0.25, 0.3) is 5.91 Å². The van der Waals surface area contributed by atoms with Crippen molar-refractivity contribution in [3.05, 3.63) is 59.4 Å². The van der Waals surface area contributed by atoms with E-state index in [0.29, 0.717) is 17.1 Å². The highest BCUT2D eigenvalue weighted by atomic mass is 19.2. The summed E-state index contributed by atoms with van der Waals surface area (Å²) in [6, 6.07) is 8.57. The Morgan fingerprint density at radius 1 is 1.05 bits per heavy atom. The summed E-state index contributed by atoms with van der Waals surface area (Å²) < 4.78 is 39.4. The molecule has 0 bridgehead atoms. The maximum absolute atomic E-state index is 13.5. The number of nitrogens with one attached hydrogen (secondary N) is 2. The fraction of sp³-hybridized carbons (Fsp3) is 0. The maximum Gasteiger partial charge on any atom is 0.261 e. The van der Waals surface area contributed by atoms with Gasteiger partial charge >= 0.3 is 0 Å². The van der Waals surface area contributed by atoms with Crippen LogP contribution in [-0.4, -0.2) is 15.9 Å². The molecule has 1 heterocycles. The molecule has 0 unspecified atom stereocenters. The molecule has 2 aromatic carbocycles. The van der Waals surface area contributed by atoms with Crippen LogP contribution in [0.3, 0.4) is 0 Å². The van der Waals surface area contributed by atoms with E-state index in [4.69, 9.17) is 0 Å². The normalized spacial score (nSPS) is 10.8. The number of para-hydroxylation sites is 2. The van der Waals surface area contributed by atoms with Crippen LogP contribution in [0, 0.1) is 17.5 Å². The summed E-state index contributed by atoms with van der Waals surface area (Å²) in [4.78, 5) is 18.8. The summed E-state index contributed by atoms with van der Waals surface area (Å²) >= 11 is 0. The first kappa shape index (κ1) is 13.2. The van der Waals surface area contributed by atoms with Gasteiger partial charge in [-0.05, 0) is 24.3 Å². The van der Waals surface area contributed by atoms with Crippen LogP contribution in [0.1, 0.15) is 10.4 Å². The third-order valence-corrected chi connectivity index (χ3v) is 2.90. The molecule has 0 fully saturated rings. The Kier molecular flexibility index (Phi) is 3.09. The van der Waals surface area contributed by atoms with Gasteiger partial charge in [-0.15, -0.1) is 0 Å². The summed E-state index contributed by atoms with van der Waals surface area (Å²) in [6.07, 6.45) is 0. The third kappa shape index (κ3) is 2.33. The van der Waals surface area contributed by atoms with Gasteiger partial charge in [0.15, 0.2) is 17.5 Å². The molecule has 1 amide bonds. The Hall–Kier alpha value is -2.83. The van der Waals surface area contributed by atoms with E-state index in [1.165, 1.54) is 0 Å². The highest BCUT2D eigenvalue weighted by molar-refractivity contribution is 6.04. The summed E-state index contributed by atoms with van der Waals surface area (Å²) in [7, 11) is 0. The number of aromatic amines is 1. The number of hydrogen-bond donors (Lipinski definition) is 2. The van der Waals surface area contributed by atoms with Crippen molar-refractivity contribution >= 4 is 22.9 Å². The second-order valence-corrected chi connectivity index (χ2v) is 4.28. The average Bonchev–Trinajstić information content (AvgIpc) is 2.86. The smallest absolute Gasteiger partial charge is 0.261 e. The fourth-order valence-corrected chi connectivity index (χ4v) is 1.89. The molecule has 0 aliphatic heterocycles. The van der Waals surface area contributed by atoms with Crippen LogP contribution in [0.15, 0.2) is 36.4 Å². The van der Waals surface area contributed by atoms with Crippen LogP contribution in [-0.2, 0) is 0 Å². The molecule has 0 radical (unpaired) electrons. The molecule has 106 valence electrons. The summed E-state index contributed by atoms with van der Waals surface area (Å²) in [5.74, 6) is -5.42. The summed E-state index contributed by atoms with van der Waals surface area (Å²) in [6.45, 7) is 0.